The molecule has 3 rings (SSSR count). The minimum atomic E-state index is -1.04. The molecule has 0 atom stereocenters. The number of aromatic nitrogens is 2. The van der Waals surface area contributed by atoms with E-state index in [4.69, 9.17) is 9.26 Å². The molecule has 0 saturated carbocycles. The van der Waals surface area contributed by atoms with Crippen LogP contribution in [0.25, 0.3) is 22.4 Å². The number of ether oxygens (including phenoxy) is 1. The molecule has 0 aliphatic carbocycles. The molecule has 0 saturated heterocycles. The summed E-state index contributed by atoms with van der Waals surface area (Å²) in [5, 5.41) is 13.6. The summed E-state index contributed by atoms with van der Waals surface area (Å²) in [6.07, 6.45) is 0. The Morgan fingerprint density at radius 2 is 2.00 bits per heavy atom. The normalized spacial score (nSPS) is 10.8. The van der Waals surface area contributed by atoms with Gasteiger partial charge in [0.15, 0.2) is 0 Å². The molecule has 2 heterocycles. The number of methoxy groups -OCH3 is 1. The van der Waals surface area contributed by atoms with E-state index in [0.717, 1.165) is 5.56 Å². The van der Waals surface area contributed by atoms with E-state index in [1.807, 2.05) is 12.1 Å². The molecular formula is C15H12N2O4. The van der Waals surface area contributed by atoms with Crippen LogP contribution < -0.4 is 4.74 Å². The lowest BCUT2D eigenvalue weighted by atomic mass is 10.1. The summed E-state index contributed by atoms with van der Waals surface area (Å²) in [6.45, 7) is 1.69. The molecule has 6 heteroatoms. The second-order valence-electron chi connectivity index (χ2n) is 4.54. The van der Waals surface area contributed by atoms with Crippen LogP contribution >= 0.6 is 0 Å². The lowest BCUT2D eigenvalue weighted by Crippen LogP contribution is -2.00. The Morgan fingerprint density at radius 3 is 2.62 bits per heavy atom. The third-order valence-electron chi connectivity index (χ3n) is 3.23. The molecule has 0 radical (unpaired) electrons. The van der Waals surface area contributed by atoms with Gasteiger partial charge in [-0.3, -0.25) is 0 Å². The molecule has 0 amide bonds. The van der Waals surface area contributed by atoms with Crippen molar-refractivity contribution in [3.8, 4) is 17.0 Å². The fourth-order valence-electron chi connectivity index (χ4n) is 2.17. The Morgan fingerprint density at radius 1 is 1.29 bits per heavy atom. The van der Waals surface area contributed by atoms with Crippen molar-refractivity contribution in [3.05, 3.63) is 41.6 Å². The van der Waals surface area contributed by atoms with Gasteiger partial charge in [-0.05, 0) is 37.3 Å². The van der Waals surface area contributed by atoms with Gasteiger partial charge in [-0.15, -0.1) is 0 Å². The summed E-state index contributed by atoms with van der Waals surface area (Å²) in [5.41, 5.74) is 2.15. The molecular weight excluding hydrogens is 272 g/mol. The molecule has 6 nitrogen and oxygen atoms in total. The van der Waals surface area contributed by atoms with E-state index in [1.165, 1.54) is 6.07 Å². The highest BCUT2D eigenvalue weighted by molar-refractivity contribution is 6.03. The van der Waals surface area contributed by atoms with Crippen LogP contribution in [0.15, 0.2) is 34.9 Å². The van der Waals surface area contributed by atoms with Crippen LogP contribution in [0.1, 0.15) is 16.1 Å². The van der Waals surface area contributed by atoms with Gasteiger partial charge in [0.1, 0.15) is 5.75 Å². The standard InChI is InChI=1S/C15H12N2O4/c1-8-13-11(15(18)19)7-12(16-14(13)21-17-8)9-3-5-10(20-2)6-4-9/h3-7H,1-2H3,(H,18,19). The van der Waals surface area contributed by atoms with Crippen LogP contribution in [0.5, 0.6) is 5.75 Å². The van der Waals surface area contributed by atoms with E-state index >= 15 is 0 Å². The van der Waals surface area contributed by atoms with Crippen molar-refractivity contribution in [3.63, 3.8) is 0 Å². The molecule has 21 heavy (non-hydrogen) atoms. The van der Waals surface area contributed by atoms with Gasteiger partial charge in [0.2, 0.25) is 0 Å². The van der Waals surface area contributed by atoms with Gasteiger partial charge in [0.25, 0.3) is 5.71 Å². The SMILES string of the molecule is COc1ccc(-c2cc(C(=O)O)c3c(C)noc3n2)cc1. The van der Waals surface area contributed by atoms with Gasteiger partial charge < -0.3 is 14.4 Å². The predicted octanol–water partition coefficient (Wildman–Crippen LogP) is 2.91. The molecule has 2 aromatic heterocycles. The first kappa shape index (κ1) is 13.1. The largest absolute Gasteiger partial charge is 0.497 e. The number of fused-ring (bicyclic) bond motifs is 1. The number of nitrogens with zero attached hydrogens (tertiary/aromatic N) is 2. The molecule has 0 aliphatic heterocycles. The fourth-order valence-corrected chi connectivity index (χ4v) is 2.17. The summed E-state index contributed by atoms with van der Waals surface area (Å²) in [7, 11) is 1.58. The van der Waals surface area contributed by atoms with Crippen molar-refractivity contribution >= 4 is 17.1 Å². The van der Waals surface area contributed by atoms with Crippen molar-refractivity contribution in [1.82, 2.24) is 10.1 Å². The van der Waals surface area contributed by atoms with Crippen molar-refractivity contribution in [2.24, 2.45) is 0 Å². The number of pyridine rings is 1. The van der Waals surface area contributed by atoms with Gasteiger partial charge in [-0.25, -0.2) is 9.78 Å². The quantitative estimate of drug-likeness (QED) is 0.796. The van der Waals surface area contributed by atoms with E-state index in [9.17, 15) is 9.90 Å². The third-order valence-corrected chi connectivity index (χ3v) is 3.23. The zero-order chi connectivity index (χ0) is 15.0. The lowest BCUT2D eigenvalue weighted by Gasteiger charge is -2.05. The van der Waals surface area contributed by atoms with Gasteiger partial charge in [-0.1, -0.05) is 5.16 Å². The first-order valence-corrected chi connectivity index (χ1v) is 6.25. The van der Waals surface area contributed by atoms with Crippen molar-refractivity contribution < 1.29 is 19.2 Å². The fraction of sp³-hybridized carbons (Fsp3) is 0.133. The number of hydrogen-bond acceptors (Lipinski definition) is 5. The lowest BCUT2D eigenvalue weighted by molar-refractivity contribution is 0.0699. The van der Waals surface area contributed by atoms with Gasteiger partial charge in [0, 0.05) is 5.56 Å². The van der Waals surface area contributed by atoms with Gasteiger partial charge in [0.05, 0.1) is 29.4 Å². The topological polar surface area (TPSA) is 85.5 Å². The van der Waals surface area contributed by atoms with Crippen LogP contribution in [-0.2, 0) is 0 Å². The highest BCUT2D eigenvalue weighted by Gasteiger charge is 2.18. The summed E-state index contributed by atoms with van der Waals surface area (Å²) in [4.78, 5) is 15.8. The number of aryl methyl sites for hydroxylation is 1. The van der Waals surface area contributed by atoms with Crippen LogP contribution in [0.4, 0.5) is 0 Å². The Hall–Kier alpha value is -2.89. The van der Waals surface area contributed by atoms with Gasteiger partial charge >= 0.3 is 5.97 Å². The second-order valence-corrected chi connectivity index (χ2v) is 4.54. The molecule has 1 N–H and O–H groups in total. The molecule has 0 aliphatic rings. The average molecular weight is 284 g/mol. The summed E-state index contributed by atoms with van der Waals surface area (Å²) >= 11 is 0. The maximum Gasteiger partial charge on any atom is 0.336 e. The Labute approximate surface area is 120 Å². The number of carboxylic acids is 1. The minimum absolute atomic E-state index is 0.129. The van der Waals surface area contributed by atoms with Gasteiger partial charge in [-0.2, -0.15) is 0 Å². The highest BCUT2D eigenvalue weighted by atomic mass is 16.5. The highest BCUT2D eigenvalue weighted by Crippen LogP contribution is 2.27. The Balaban J connectivity index is 2.20. The minimum Gasteiger partial charge on any atom is -0.497 e. The van der Waals surface area contributed by atoms with E-state index in [0.29, 0.717) is 22.5 Å². The molecule has 0 bridgehead atoms. The molecule has 0 spiro atoms. The monoisotopic (exact) mass is 284 g/mol. The molecule has 3 aromatic rings. The van der Waals surface area contributed by atoms with Crippen LogP contribution in [0.3, 0.4) is 0 Å². The maximum atomic E-state index is 11.4. The smallest absolute Gasteiger partial charge is 0.336 e. The van der Waals surface area contributed by atoms with E-state index < -0.39 is 5.97 Å². The number of aromatic carboxylic acids is 1. The molecule has 0 fully saturated rings. The zero-order valence-electron chi connectivity index (χ0n) is 11.5. The van der Waals surface area contributed by atoms with E-state index in [-0.39, 0.29) is 11.3 Å². The molecule has 106 valence electrons. The number of rotatable bonds is 3. The maximum absolute atomic E-state index is 11.4. The van der Waals surface area contributed by atoms with Crippen LogP contribution in [0.2, 0.25) is 0 Å². The first-order valence-electron chi connectivity index (χ1n) is 6.25. The van der Waals surface area contributed by atoms with Crippen molar-refractivity contribution in [1.29, 1.82) is 0 Å². The average Bonchev–Trinajstić information content (AvgIpc) is 2.88. The number of carboxylic acid groups (broad SMARTS) is 1. The Kier molecular flexibility index (Phi) is 3.06. The summed E-state index contributed by atoms with van der Waals surface area (Å²) in [6, 6.07) is 8.71. The van der Waals surface area contributed by atoms with E-state index in [1.54, 1.807) is 26.2 Å². The Bertz CT molecular complexity index is 822. The predicted molar refractivity (Wildman–Crippen MR) is 75.5 cm³/mol. The summed E-state index contributed by atoms with van der Waals surface area (Å²) in [5.74, 6) is -0.322. The van der Waals surface area contributed by atoms with Crippen LogP contribution in [0, 0.1) is 6.92 Å². The second kappa shape index (κ2) is 4.90. The number of carbonyl (C=O) groups is 1. The third kappa shape index (κ3) is 2.20. The van der Waals surface area contributed by atoms with Crippen molar-refractivity contribution in [2.75, 3.05) is 7.11 Å². The summed E-state index contributed by atoms with van der Waals surface area (Å²) < 4.78 is 10.2. The zero-order valence-corrected chi connectivity index (χ0v) is 11.5. The number of hydrogen-bond donors (Lipinski definition) is 1. The first-order chi connectivity index (χ1) is 10.1. The number of benzene rings is 1. The van der Waals surface area contributed by atoms with Crippen LogP contribution in [-0.4, -0.2) is 28.3 Å². The van der Waals surface area contributed by atoms with E-state index in [2.05, 4.69) is 10.1 Å². The molecule has 0 unspecified atom stereocenters. The van der Waals surface area contributed by atoms with Crippen molar-refractivity contribution in [2.45, 2.75) is 6.92 Å². The molecule has 1 aromatic carbocycles.